The Morgan fingerprint density at radius 3 is 2.51 bits per heavy atom. The van der Waals surface area contributed by atoms with E-state index in [9.17, 15) is 14.0 Å². The van der Waals surface area contributed by atoms with Crippen molar-refractivity contribution in [2.45, 2.75) is 38.5 Å². The zero-order chi connectivity index (χ0) is 26.0. The molecule has 1 saturated carbocycles. The Bertz CT molecular complexity index is 1220. The zero-order valence-electron chi connectivity index (χ0n) is 20.9. The summed E-state index contributed by atoms with van der Waals surface area (Å²) in [6.45, 7) is 1.32. The van der Waals surface area contributed by atoms with E-state index < -0.39 is 5.82 Å². The van der Waals surface area contributed by atoms with Gasteiger partial charge in [0.15, 0.2) is 0 Å². The maximum atomic E-state index is 14.9. The average Bonchev–Trinajstić information content (AvgIpc) is 2.89. The van der Waals surface area contributed by atoms with Crippen LogP contribution in [0.1, 0.15) is 38.5 Å². The summed E-state index contributed by atoms with van der Waals surface area (Å²) in [6.07, 6.45) is 7.06. The number of methoxy groups -OCH3 is 1. The van der Waals surface area contributed by atoms with Crippen LogP contribution < -0.4 is 20.7 Å². The molecule has 2 amide bonds. The van der Waals surface area contributed by atoms with E-state index in [1.807, 2.05) is 0 Å². The molecule has 3 N–H and O–H groups in total. The monoisotopic (exact) mass is 509 g/mol. The molecule has 1 heterocycles. The van der Waals surface area contributed by atoms with Crippen LogP contribution in [0.3, 0.4) is 0 Å². The molecule has 9 nitrogen and oxygen atoms in total. The largest absolute Gasteiger partial charge is 0.491 e. The van der Waals surface area contributed by atoms with Crippen molar-refractivity contribution >= 4 is 39.9 Å². The summed E-state index contributed by atoms with van der Waals surface area (Å²) in [4.78, 5) is 32.8. The molecule has 0 radical (unpaired) electrons. The number of carbonyl (C=O) groups excluding carboxylic acids is 2. The van der Waals surface area contributed by atoms with Crippen LogP contribution in [0.5, 0.6) is 5.75 Å². The minimum atomic E-state index is -0.515. The number of hydrogen-bond donors (Lipinski definition) is 3. The number of hydrogen-bond acceptors (Lipinski definition) is 7. The van der Waals surface area contributed by atoms with Crippen LogP contribution in [-0.4, -0.2) is 48.7 Å². The molecule has 0 atom stereocenters. The number of benzene rings is 2. The van der Waals surface area contributed by atoms with E-state index in [0.29, 0.717) is 54.1 Å². The van der Waals surface area contributed by atoms with Crippen LogP contribution in [0.15, 0.2) is 42.7 Å². The first-order valence-corrected chi connectivity index (χ1v) is 12.5. The highest BCUT2D eigenvalue weighted by Gasteiger charge is 2.16. The second-order valence-corrected chi connectivity index (χ2v) is 9.10. The van der Waals surface area contributed by atoms with E-state index in [1.165, 1.54) is 31.7 Å². The number of nitrogens with one attached hydrogen (secondary N) is 3. The minimum Gasteiger partial charge on any atom is -0.491 e. The van der Waals surface area contributed by atoms with E-state index in [4.69, 9.17) is 9.47 Å². The molecular formula is C27H32FN5O4. The summed E-state index contributed by atoms with van der Waals surface area (Å²) in [5, 5.41) is 8.93. The van der Waals surface area contributed by atoms with Gasteiger partial charge in [0.2, 0.25) is 11.8 Å². The molecule has 1 aliphatic rings. The number of ether oxygens (including phenoxy) is 2. The Morgan fingerprint density at radius 1 is 1.00 bits per heavy atom. The number of anilines is 3. The summed E-state index contributed by atoms with van der Waals surface area (Å²) in [5.74, 6) is 0.00331. The second kappa shape index (κ2) is 13.0. The summed E-state index contributed by atoms with van der Waals surface area (Å²) in [6, 6.07) is 9.78. The fourth-order valence-corrected chi connectivity index (χ4v) is 4.38. The van der Waals surface area contributed by atoms with Crippen LogP contribution in [0.4, 0.5) is 21.6 Å². The van der Waals surface area contributed by atoms with E-state index in [0.717, 1.165) is 12.8 Å². The molecular weight excluding hydrogens is 477 g/mol. The van der Waals surface area contributed by atoms with Gasteiger partial charge in [-0.25, -0.2) is 14.4 Å². The molecule has 0 saturated heterocycles. The van der Waals surface area contributed by atoms with Gasteiger partial charge in [0.1, 0.15) is 36.7 Å². The molecule has 10 heteroatoms. The SMILES string of the molecule is COCCOc1cc(F)c2c(Nc3ccc(NC(=O)CC(=O)NCC4CCCCC4)cc3)ncnc2c1. The van der Waals surface area contributed by atoms with Crippen LogP contribution >= 0.6 is 0 Å². The third kappa shape index (κ3) is 7.60. The number of fused-ring (bicyclic) bond motifs is 1. The highest BCUT2D eigenvalue weighted by molar-refractivity contribution is 6.03. The van der Waals surface area contributed by atoms with Crippen molar-refractivity contribution in [1.82, 2.24) is 15.3 Å². The fraction of sp³-hybridized carbons (Fsp3) is 0.407. The first-order valence-electron chi connectivity index (χ1n) is 12.5. The highest BCUT2D eigenvalue weighted by atomic mass is 19.1. The molecule has 1 aliphatic carbocycles. The maximum absolute atomic E-state index is 14.9. The molecule has 2 aromatic carbocycles. The number of amides is 2. The first kappa shape index (κ1) is 26.3. The normalized spacial score (nSPS) is 13.8. The van der Waals surface area contributed by atoms with Gasteiger partial charge in [-0.3, -0.25) is 9.59 Å². The lowest BCUT2D eigenvalue weighted by Gasteiger charge is -2.21. The summed E-state index contributed by atoms with van der Waals surface area (Å²) in [5.41, 5.74) is 1.59. The van der Waals surface area contributed by atoms with Gasteiger partial charge in [0.05, 0.1) is 17.5 Å². The predicted octanol–water partition coefficient (Wildman–Crippen LogP) is 4.56. The lowest BCUT2D eigenvalue weighted by Crippen LogP contribution is -2.32. The van der Waals surface area contributed by atoms with Crippen LogP contribution in [0.25, 0.3) is 10.9 Å². The average molecular weight is 510 g/mol. The van der Waals surface area contributed by atoms with E-state index in [2.05, 4.69) is 25.9 Å². The van der Waals surface area contributed by atoms with Gasteiger partial charge in [0, 0.05) is 37.2 Å². The highest BCUT2D eigenvalue weighted by Crippen LogP contribution is 2.29. The van der Waals surface area contributed by atoms with Gasteiger partial charge in [-0.05, 0) is 43.0 Å². The van der Waals surface area contributed by atoms with Crippen molar-refractivity contribution in [2.75, 3.05) is 37.5 Å². The van der Waals surface area contributed by atoms with Crippen LogP contribution in [0, 0.1) is 11.7 Å². The lowest BCUT2D eigenvalue weighted by atomic mass is 9.89. The molecule has 0 aliphatic heterocycles. The zero-order valence-corrected chi connectivity index (χ0v) is 20.9. The van der Waals surface area contributed by atoms with Crippen molar-refractivity contribution < 1.29 is 23.5 Å². The van der Waals surface area contributed by atoms with Crippen molar-refractivity contribution in [3.8, 4) is 5.75 Å². The van der Waals surface area contributed by atoms with Gasteiger partial charge < -0.3 is 25.4 Å². The van der Waals surface area contributed by atoms with Crippen LogP contribution in [-0.2, 0) is 14.3 Å². The van der Waals surface area contributed by atoms with Crippen molar-refractivity contribution in [1.29, 1.82) is 0 Å². The van der Waals surface area contributed by atoms with Crippen molar-refractivity contribution in [3.05, 3.63) is 48.5 Å². The summed E-state index contributed by atoms with van der Waals surface area (Å²) >= 11 is 0. The van der Waals surface area contributed by atoms with E-state index >= 15 is 0 Å². The van der Waals surface area contributed by atoms with Gasteiger partial charge in [-0.1, -0.05) is 19.3 Å². The molecule has 0 bridgehead atoms. The number of halogens is 1. The topological polar surface area (TPSA) is 114 Å². The Hall–Kier alpha value is -3.79. The molecule has 1 fully saturated rings. The number of rotatable bonds is 11. The summed E-state index contributed by atoms with van der Waals surface area (Å²) in [7, 11) is 1.56. The van der Waals surface area contributed by atoms with Crippen LogP contribution in [0.2, 0.25) is 0 Å². The predicted molar refractivity (Wildman–Crippen MR) is 139 cm³/mol. The van der Waals surface area contributed by atoms with Crippen molar-refractivity contribution in [3.63, 3.8) is 0 Å². The van der Waals surface area contributed by atoms with Crippen molar-refractivity contribution in [2.24, 2.45) is 5.92 Å². The Morgan fingerprint density at radius 2 is 1.76 bits per heavy atom. The second-order valence-electron chi connectivity index (χ2n) is 9.10. The molecule has 1 aromatic heterocycles. The fourth-order valence-electron chi connectivity index (χ4n) is 4.38. The molecule has 3 aromatic rings. The van der Waals surface area contributed by atoms with E-state index in [-0.39, 0.29) is 23.6 Å². The number of carbonyl (C=O) groups is 2. The number of nitrogens with zero attached hydrogens (tertiary/aromatic N) is 2. The lowest BCUT2D eigenvalue weighted by molar-refractivity contribution is -0.126. The summed E-state index contributed by atoms with van der Waals surface area (Å²) < 4.78 is 25.3. The molecule has 196 valence electrons. The first-order chi connectivity index (χ1) is 18.0. The standard InChI is InChI=1S/C27H32FN5O4/c1-36-11-12-37-21-13-22(28)26-23(14-21)30-17-31-27(26)33-20-9-7-19(8-10-20)32-25(35)15-24(34)29-16-18-5-3-2-4-6-18/h7-10,13-14,17-18H,2-6,11-12,15-16H2,1H3,(H,29,34)(H,32,35)(H,30,31,33). The molecule has 37 heavy (non-hydrogen) atoms. The quantitative estimate of drug-likeness (QED) is 0.256. The molecule has 0 spiro atoms. The van der Waals surface area contributed by atoms with Gasteiger partial charge in [-0.15, -0.1) is 0 Å². The third-order valence-corrected chi connectivity index (χ3v) is 6.28. The van der Waals surface area contributed by atoms with E-state index in [1.54, 1.807) is 37.4 Å². The Balaban J connectivity index is 1.32. The third-order valence-electron chi connectivity index (χ3n) is 6.28. The Kier molecular flexibility index (Phi) is 9.20. The Labute approximate surface area is 215 Å². The smallest absolute Gasteiger partial charge is 0.233 e. The van der Waals surface area contributed by atoms with Gasteiger partial charge in [0.25, 0.3) is 0 Å². The molecule has 0 unspecified atom stereocenters. The maximum Gasteiger partial charge on any atom is 0.233 e. The minimum absolute atomic E-state index is 0.226. The number of aromatic nitrogens is 2. The van der Waals surface area contributed by atoms with Gasteiger partial charge >= 0.3 is 0 Å². The van der Waals surface area contributed by atoms with Gasteiger partial charge in [-0.2, -0.15) is 0 Å². The molecule has 4 rings (SSSR count).